The van der Waals surface area contributed by atoms with Crippen molar-refractivity contribution in [2.45, 2.75) is 38.1 Å². The molecule has 3 atom stereocenters. The van der Waals surface area contributed by atoms with Crippen LogP contribution < -0.4 is 5.73 Å². The molecule has 4 saturated carbocycles. The van der Waals surface area contributed by atoms with Crippen molar-refractivity contribution in [1.29, 1.82) is 0 Å². The zero-order valence-corrected chi connectivity index (χ0v) is 10.5. The van der Waals surface area contributed by atoms with Gasteiger partial charge in [-0.2, -0.15) is 0 Å². The first-order chi connectivity index (χ1) is 7.15. The lowest BCUT2D eigenvalue weighted by Crippen LogP contribution is -2.63. The number of hydrogen-bond donors (Lipinski definition) is 1. The van der Waals surface area contributed by atoms with Crippen LogP contribution in [0.3, 0.4) is 0 Å². The summed E-state index contributed by atoms with van der Waals surface area (Å²) < 4.78 is 4.99. The molecule has 4 bridgehead atoms. The van der Waals surface area contributed by atoms with Crippen molar-refractivity contribution in [1.82, 2.24) is 0 Å². The molecular formula is C12H20ClNO2. The number of nitrogens with two attached hydrogens (primary N) is 1. The summed E-state index contributed by atoms with van der Waals surface area (Å²) >= 11 is 0. The van der Waals surface area contributed by atoms with Crippen molar-refractivity contribution >= 4 is 18.4 Å². The van der Waals surface area contributed by atoms with Crippen molar-refractivity contribution < 1.29 is 9.53 Å². The Hall–Kier alpha value is -0.280. The van der Waals surface area contributed by atoms with E-state index in [1.807, 2.05) is 0 Å². The molecule has 2 N–H and O–H groups in total. The van der Waals surface area contributed by atoms with Gasteiger partial charge in [0.1, 0.15) is 0 Å². The molecular weight excluding hydrogens is 226 g/mol. The summed E-state index contributed by atoms with van der Waals surface area (Å²) in [5.74, 6) is 2.01. The van der Waals surface area contributed by atoms with Gasteiger partial charge in [0, 0.05) is 6.04 Å². The van der Waals surface area contributed by atoms with E-state index in [2.05, 4.69) is 0 Å². The largest absolute Gasteiger partial charge is 0.469 e. The Bertz CT molecular complexity index is 293. The fourth-order valence-corrected chi connectivity index (χ4v) is 4.59. The third-order valence-electron chi connectivity index (χ3n) is 4.98. The Morgan fingerprint density at radius 3 is 2.31 bits per heavy atom. The van der Waals surface area contributed by atoms with Crippen LogP contribution in [0.15, 0.2) is 0 Å². The van der Waals surface area contributed by atoms with E-state index in [9.17, 15) is 4.79 Å². The van der Waals surface area contributed by atoms with Gasteiger partial charge < -0.3 is 10.5 Å². The van der Waals surface area contributed by atoms with E-state index >= 15 is 0 Å². The Morgan fingerprint density at radius 2 is 1.81 bits per heavy atom. The third-order valence-corrected chi connectivity index (χ3v) is 4.98. The molecule has 0 amide bonds. The van der Waals surface area contributed by atoms with Crippen LogP contribution in [0, 0.1) is 23.2 Å². The maximum Gasteiger partial charge on any atom is 0.313 e. The molecule has 0 aliphatic heterocycles. The van der Waals surface area contributed by atoms with E-state index in [-0.39, 0.29) is 29.8 Å². The van der Waals surface area contributed by atoms with E-state index < -0.39 is 0 Å². The number of ether oxygens (including phenoxy) is 1. The van der Waals surface area contributed by atoms with E-state index in [1.54, 1.807) is 0 Å². The summed E-state index contributed by atoms with van der Waals surface area (Å²) in [4.78, 5) is 12.0. The molecule has 4 heteroatoms. The monoisotopic (exact) mass is 245 g/mol. The minimum absolute atomic E-state index is 0. The minimum Gasteiger partial charge on any atom is -0.469 e. The third kappa shape index (κ3) is 1.41. The van der Waals surface area contributed by atoms with Gasteiger partial charge in [0.15, 0.2) is 0 Å². The standard InChI is InChI=1S/C12H19NO2.ClH/c1-15-11(14)12-5-7-2-8(6-12)4-9(3-7)10(12)13;/h7-10H,2-6,13H2,1H3;1H. The first-order valence-electron chi connectivity index (χ1n) is 5.99. The second kappa shape index (κ2) is 3.88. The molecule has 0 spiro atoms. The van der Waals surface area contributed by atoms with Gasteiger partial charge in [-0.15, -0.1) is 12.4 Å². The summed E-state index contributed by atoms with van der Waals surface area (Å²) in [6.07, 6.45) is 5.77. The molecule has 3 nitrogen and oxygen atoms in total. The second-order valence-electron chi connectivity index (χ2n) is 5.78. The van der Waals surface area contributed by atoms with Crippen molar-refractivity contribution in [3.05, 3.63) is 0 Å². The molecule has 92 valence electrons. The van der Waals surface area contributed by atoms with Crippen molar-refractivity contribution in [3.8, 4) is 0 Å². The number of rotatable bonds is 1. The normalized spacial score (nSPS) is 48.6. The zero-order valence-electron chi connectivity index (χ0n) is 9.65. The minimum atomic E-state index is -0.316. The van der Waals surface area contributed by atoms with Crippen LogP contribution in [0.25, 0.3) is 0 Å². The molecule has 0 aromatic rings. The Labute approximate surface area is 103 Å². The molecule has 0 aromatic heterocycles. The average molecular weight is 246 g/mol. The quantitative estimate of drug-likeness (QED) is 0.716. The van der Waals surface area contributed by atoms with E-state index in [4.69, 9.17) is 10.5 Å². The number of esters is 1. The van der Waals surface area contributed by atoms with E-state index in [1.165, 1.54) is 26.4 Å². The Balaban J connectivity index is 0.000000963. The smallest absolute Gasteiger partial charge is 0.313 e. The molecule has 4 rings (SSSR count). The predicted molar refractivity (Wildman–Crippen MR) is 63.2 cm³/mol. The summed E-state index contributed by atoms with van der Waals surface area (Å²) in [6.45, 7) is 0. The van der Waals surface area contributed by atoms with Gasteiger partial charge in [0.25, 0.3) is 0 Å². The van der Waals surface area contributed by atoms with Crippen LogP contribution in [0.5, 0.6) is 0 Å². The molecule has 3 unspecified atom stereocenters. The molecule has 4 aliphatic carbocycles. The van der Waals surface area contributed by atoms with Gasteiger partial charge in [0.05, 0.1) is 12.5 Å². The molecule has 4 aliphatic rings. The molecule has 0 radical (unpaired) electrons. The predicted octanol–water partition coefficient (Wildman–Crippen LogP) is 1.73. The van der Waals surface area contributed by atoms with Crippen molar-refractivity contribution in [3.63, 3.8) is 0 Å². The zero-order chi connectivity index (χ0) is 10.6. The maximum absolute atomic E-state index is 12.0. The summed E-state index contributed by atoms with van der Waals surface area (Å²) in [6, 6.07) is 0.0535. The lowest BCUT2D eigenvalue weighted by molar-refractivity contribution is -0.171. The molecule has 0 heterocycles. The van der Waals surface area contributed by atoms with Crippen LogP contribution in [0.2, 0.25) is 0 Å². The fraction of sp³-hybridized carbons (Fsp3) is 0.917. The number of carbonyl (C=O) groups excluding carboxylic acids is 1. The fourth-order valence-electron chi connectivity index (χ4n) is 4.59. The van der Waals surface area contributed by atoms with Gasteiger partial charge in [-0.3, -0.25) is 4.79 Å². The topological polar surface area (TPSA) is 52.3 Å². The van der Waals surface area contributed by atoms with Gasteiger partial charge in [-0.05, 0) is 49.9 Å². The Morgan fingerprint density at radius 1 is 1.25 bits per heavy atom. The molecule has 4 fully saturated rings. The van der Waals surface area contributed by atoms with Gasteiger partial charge >= 0.3 is 5.97 Å². The van der Waals surface area contributed by atoms with Gasteiger partial charge in [0.2, 0.25) is 0 Å². The van der Waals surface area contributed by atoms with Crippen molar-refractivity contribution in [2.24, 2.45) is 28.9 Å². The van der Waals surface area contributed by atoms with E-state index in [0.29, 0.717) is 5.92 Å². The number of halogens is 1. The molecule has 0 saturated heterocycles. The summed E-state index contributed by atoms with van der Waals surface area (Å²) in [5, 5.41) is 0. The highest BCUT2D eigenvalue weighted by Gasteiger charge is 2.60. The van der Waals surface area contributed by atoms with Gasteiger partial charge in [-0.1, -0.05) is 0 Å². The first kappa shape index (κ1) is 12.2. The van der Waals surface area contributed by atoms with Crippen LogP contribution in [-0.4, -0.2) is 19.1 Å². The highest BCUT2D eigenvalue weighted by Crippen LogP contribution is 2.59. The van der Waals surface area contributed by atoms with Crippen molar-refractivity contribution in [2.75, 3.05) is 7.11 Å². The lowest BCUT2D eigenvalue weighted by Gasteiger charge is -2.58. The van der Waals surface area contributed by atoms with Crippen LogP contribution in [0.4, 0.5) is 0 Å². The second-order valence-corrected chi connectivity index (χ2v) is 5.78. The summed E-state index contributed by atoms with van der Waals surface area (Å²) in [7, 11) is 1.49. The van der Waals surface area contributed by atoms with Gasteiger partial charge in [-0.25, -0.2) is 0 Å². The molecule has 16 heavy (non-hydrogen) atoms. The van der Waals surface area contributed by atoms with Crippen LogP contribution in [0.1, 0.15) is 32.1 Å². The van der Waals surface area contributed by atoms with Crippen LogP contribution >= 0.6 is 12.4 Å². The highest BCUT2D eigenvalue weighted by atomic mass is 35.5. The lowest BCUT2D eigenvalue weighted by atomic mass is 9.47. The first-order valence-corrected chi connectivity index (χ1v) is 5.99. The number of hydrogen-bond acceptors (Lipinski definition) is 3. The SMILES string of the molecule is COC(=O)C12CC3CC(CC(C3)C1N)C2.Cl. The molecule has 0 aromatic carbocycles. The van der Waals surface area contributed by atoms with Crippen LogP contribution in [-0.2, 0) is 9.53 Å². The van der Waals surface area contributed by atoms with E-state index in [0.717, 1.165) is 24.7 Å². The number of carbonyl (C=O) groups is 1. The highest BCUT2D eigenvalue weighted by molar-refractivity contribution is 5.85. The Kier molecular flexibility index (Phi) is 2.96. The number of methoxy groups -OCH3 is 1. The maximum atomic E-state index is 12.0. The average Bonchev–Trinajstić information content (AvgIpc) is 2.23. The summed E-state index contributed by atoms with van der Waals surface area (Å²) in [5.41, 5.74) is 5.96.